The lowest BCUT2D eigenvalue weighted by molar-refractivity contribution is 0.648. The third-order valence-corrected chi connectivity index (χ3v) is 5.54. The average molecular weight is 359 g/mol. The van der Waals surface area contributed by atoms with E-state index in [1.807, 2.05) is 25.1 Å². The Bertz CT molecular complexity index is 884. The molecule has 2 aromatic heterocycles. The maximum atomic E-state index is 6.12. The summed E-state index contributed by atoms with van der Waals surface area (Å²) in [5.41, 5.74) is 1.19. The molecule has 0 radical (unpaired) electrons. The minimum absolute atomic E-state index is 0.789. The van der Waals surface area contributed by atoms with Gasteiger partial charge in [-0.25, -0.2) is 9.97 Å². The lowest BCUT2D eigenvalue weighted by Gasteiger charge is -2.37. The molecule has 0 atom stereocenters. The van der Waals surface area contributed by atoms with Gasteiger partial charge in [0, 0.05) is 41.8 Å². The van der Waals surface area contributed by atoms with E-state index >= 15 is 0 Å². The molecule has 124 valence electrons. The number of piperazine rings is 1. The lowest BCUT2D eigenvalue weighted by Crippen LogP contribution is -2.47. The molecule has 0 spiro atoms. The van der Waals surface area contributed by atoms with Crippen molar-refractivity contribution in [3.05, 3.63) is 46.1 Å². The topological polar surface area (TPSA) is 32.3 Å². The van der Waals surface area contributed by atoms with Crippen molar-refractivity contribution < 1.29 is 0 Å². The molecule has 0 unspecified atom stereocenters. The van der Waals surface area contributed by atoms with Crippen molar-refractivity contribution in [3.63, 3.8) is 0 Å². The summed E-state index contributed by atoms with van der Waals surface area (Å²) in [6.07, 6.45) is 0. The molecule has 0 saturated carbocycles. The number of aromatic nitrogens is 2. The SMILES string of the molecule is Cc1nc(N2CCN(c3cccc(Cl)c3)CC2)c2cc(C)sc2n1. The van der Waals surface area contributed by atoms with Crippen molar-refractivity contribution in [2.45, 2.75) is 13.8 Å². The second-order valence-corrected chi connectivity index (χ2v) is 7.80. The first-order valence-electron chi connectivity index (χ1n) is 8.10. The van der Waals surface area contributed by atoms with E-state index in [2.05, 4.69) is 33.8 Å². The molecule has 6 heteroatoms. The predicted octanol–water partition coefficient (Wildman–Crippen LogP) is 4.29. The van der Waals surface area contributed by atoms with E-state index < -0.39 is 0 Å². The Morgan fingerprint density at radius 3 is 2.50 bits per heavy atom. The van der Waals surface area contributed by atoms with Crippen molar-refractivity contribution in [3.8, 4) is 0 Å². The summed E-state index contributed by atoms with van der Waals surface area (Å²) in [6.45, 7) is 7.94. The first-order chi connectivity index (χ1) is 11.6. The first-order valence-corrected chi connectivity index (χ1v) is 9.30. The molecule has 0 aliphatic carbocycles. The number of anilines is 2. The molecule has 3 aromatic rings. The molecule has 0 N–H and O–H groups in total. The summed E-state index contributed by atoms with van der Waals surface area (Å²) < 4.78 is 0. The average Bonchev–Trinajstić information content (AvgIpc) is 2.94. The predicted molar refractivity (Wildman–Crippen MR) is 103 cm³/mol. The molecule has 0 bridgehead atoms. The van der Waals surface area contributed by atoms with Crippen LogP contribution in [-0.4, -0.2) is 36.1 Å². The summed E-state index contributed by atoms with van der Waals surface area (Å²) in [6, 6.07) is 10.3. The van der Waals surface area contributed by atoms with E-state index in [1.165, 1.54) is 16.0 Å². The van der Waals surface area contributed by atoms with Crippen LogP contribution >= 0.6 is 22.9 Å². The van der Waals surface area contributed by atoms with Crippen LogP contribution in [0.1, 0.15) is 10.7 Å². The van der Waals surface area contributed by atoms with E-state index in [4.69, 9.17) is 16.6 Å². The van der Waals surface area contributed by atoms with Crippen molar-refractivity contribution in [1.82, 2.24) is 9.97 Å². The molecule has 4 rings (SSSR count). The number of nitrogens with zero attached hydrogens (tertiary/aromatic N) is 4. The molecule has 1 aliphatic heterocycles. The fourth-order valence-electron chi connectivity index (χ4n) is 3.22. The minimum Gasteiger partial charge on any atom is -0.368 e. The highest BCUT2D eigenvalue weighted by molar-refractivity contribution is 7.18. The Kier molecular flexibility index (Phi) is 4.06. The highest BCUT2D eigenvalue weighted by Gasteiger charge is 2.21. The third kappa shape index (κ3) is 2.94. The normalized spacial score (nSPS) is 15.3. The Labute approximate surface area is 150 Å². The van der Waals surface area contributed by atoms with Gasteiger partial charge < -0.3 is 9.80 Å². The zero-order valence-electron chi connectivity index (χ0n) is 13.8. The van der Waals surface area contributed by atoms with Crippen molar-refractivity contribution >= 4 is 44.7 Å². The van der Waals surface area contributed by atoms with Crippen LogP contribution in [0.4, 0.5) is 11.5 Å². The molecule has 0 amide bonds. The molecular weight excluding hydrogens is 340 g/mol. The second-order valence-electron chi connectivity index (χ2n) is 6.12. The van der Waals surface area contributed by atoms with Crippen LogP contribution in [-0.2, 0) is 0 Å². The summed E-state index contributed by atoms with van der Waals surface area (Å²) in [5, 5.41) is 1.97. The van der Waals surface area contributed by atoms with Gasteiger partial charge in [-0.3, -0.25) is 0 Å². The van der Waals surface area contributed by atoms with Crippen LogP contribution in [0.15, 0.2) is 30.3 Å². The van der Waals surface area contributed by atoms with Gasteiger partial charge >= 0.3 is 0 Å². The maximum Gasteiger partial charge on any atom is 0.141 e. The molecule has 1 saturated heterocycles. The molecule has 4 nitrogen and oxygen atoms in total. The van der Waals surface area contributed by atoms with Gasteiger partial charge in [0.2, 0.25) is 0 Å². The number of benzene rings is 1. The van der Waals surface area contributed by atoms with E-state index in [9.17, 15) is 0 Å². The highest BCUT2D eigenvalue weighted by atomic mass is 35.5. The van der Waals surface area contributed by atoms with Gasteiger partial charge in [-0.1, -0.05) is 17.7 Å². The largest absolute Gasteiger partial charge is 0.368 e. The minimum atomic E-state index is 0.789. The van der Waals surface area contributed by atoms with Gasteiger partial charge in [-0.15, -0.1) is 11.3 Å². The Morgan fingerprint density at radius 2 is 1.75 bits per heavy atom. The number of aryl methyl sites for hydroxylation is 2. The summed E-state index contributed by atoms with van der Waals surface area (Å²) in [7, 11) is 0. The second kappa shape index (κ2) is 6.22. The summed E-state index contributed by atoms with van der Waals surface area (Å²) in [4.78, 5) is 16.4. The Morgan fingerprint density at radius 1 is 1.00 bits per heavy atom. The fraction of sp³-hybridized carbons (Fsp3) is 0.333. The molecule has 24 heavy (non-hydrogen) atoms. The third-order valence-electron chi connectivity index (χ3n) is 4.36. The summed E-state index contributed by atoms with van der Waals surface area (Å²) >= 11 is 7.86. The van der Waals surface area contributed by atoms with Gasteiger partial charge in [0.15, 0.2) is 0 Å². The van der Waals surface area contributed by atoms with E-state index in [1.54, 1.807) is 11.3 Å². The number of halogens is 1. The zero-order valence-corrected chi connectivity index (χ0v) is 15.4. The molecule has 1 aromatic carbocycles. The zero-order chi connectivity index (χ0) is 16.7. The number of hydrogen-bond donors (Lipinski definition) is 0. The Hall–Kier alpha value is -1.85. The summed E-state index contributed by atoms with van der Waals surface area (Å²) in [5.74, 6) is 1.92. The molecular formula is C18H19ClN4S. The van der Waals surface area contributed by atoms with Crippen LogP contribution in [0.5, 0.6) is 0 Å². The Balaban J connectivity index is 1.58. The van der Waals surface area contributed by atoms with Crippen molar-refractivity contribution in [2.24, 2.45) is 0 Å². The van der Waals surface area contributed by atoms with Crippen LogP contribution in [0.3, 0.4) is 0 Å². The van der Waals surface area contributed by atoms with E-state index in [0.717, 1.165) is 47.7 Å². The monoisotopic (exact) mass is 358 g/mol. The highest BCUT2D eigenvalue weighted by Crippen LogP contribution is 2.31. The van der Waals surface area contributed by atoms with Gasteiger partial charge in [0.25, 0.3) is 0 Å². The van der Waals surface area contributed by atoms with Crippen LogP contribution in [0.2, 0.25) is 5.02 Å². The van der Waals surface area contributed by atoms with E-state index in [-0.39, 0.29) is 0 Å². The van der Waals surface area contributed by atoms with Crippen molar-refractivity contribution in [1.29, 1.82) is 0 Å². The van der Waals surface area contributed by atoms with Gasteiger partial charge in [-0.2, -0.15) is 0 Å². The van der Waals surface area contributed by atoms with Crippen LogP contribution in [0.25, 0.3) is 10.2 Å². The quantitative estimate of drug-likeness (QED) is 0.684. The van der Waals surface area contributed by atoms with Gasteiger partial charge in [0.05, 0.1) is 5.39 Å². The fourth-order valence-corrected chi connectivity index (χ4v) is 4.33. The van der Waals surface area contributed by atoms with Crippen LogP contribution in [0, 0.1) is 13.8 Å². The first kappa shape index (κ1) is 15.7. The lowest BCUT2D eigenvalue weighted by atomic mass is 10.2. The number of hydrogen-bond acceptors (Lipinski definition) is 5. The molecule has 3 heterocycles. The number of rotatable bonds is 2. The maximum absolute atomic E-state index is 6.12. The number of thiophene rings is 1. The number of fused-ring (bicyclic) bond motifs is 1. The van der Waals surface area contributed by atoms with Crippen molar-refractivity contribution in [2.75, 3.05) is 36.0 Å². The smallest absolute Gasteiger partial charge is 0.141 e. The molecule has 1 fully saturated rings. The standard InChI is InChI=1S/C18H19ClN4S/c1-12-10-16-17(20-13(2)21-18(16)24-12)23-8-6-22(7-9-23)15-5-3-4-14(19)11-15/h3-5,10-11H,6-9H2,1-2H3. The molecule has 1 aliphatic rings. The van der Waals surface area contributed by atoms with Gasteiger partial charge in [0.1, 0.15) is 16.5 Å². The van der Waals surface area contributed by atoms with Gasteiger partial charge in [-0.05, 0) is 38.1 Å². The van der Waals surface area contributed by atoms with E-state index in [0.29, 0.717) is 0 Å². The van der Waals surface area contributed by atoms with Crippen LogP contribution < -0.4 is 9.80 Å².